The van der Waals surface area contributed by atoms with Crippen LogP contribution in [-0.2, 0) is 10.0 Å². The summed E-state index contributed by atoms with van der Waals surface area (Å²) in [5.74, 6) is 0. The van der Waals surface area contributed by atoms with Gasteiger partial charge < -0.3 is 5.73 Å². The second kappa shape index (κ2) is 7.71. The standard InChI is InChI=1S/C14H22N2O2S2/c1-3-4-5-6-11(2)16-20(17,18)13-9-7-12(8-10-13)14(15)19/h7-11,16H,3-6H2,1-2H3,(H2,15,19). The highest BCUT2D eigenvalue weighted by atomic mass is 32.2. The zero-order chi connectivity index (χ0) is 15.2. The van der Waals surface area contributed by atoms with Gasteiger partial charge in [-0.05, 0) is 25.5 Å². The Bertz CT molecular complexity index is 539. The van der Waals surface area contributed by atoms with Gasteiger partial charge in [0.05, 0.1) is 4.90 Å². The van der Waals surface area contributed by atoms with Gasteiger partial charge in [0, 0.05) is 11.6 Å². The Kier molecular flexibility index (Phi) is 6.58. The zero-order valence-corrected chi connectivity index (χ0v) is 13.6. The van der Waals surface area contributed by atoms with Crippen LogP contribution in [0.4, 0.5) is 0 Å². The van der Waals surface area contributed by atoms with E-state index >= 15 is 0 Å². The summed E-state index contributed by atoms with van der Waals surface area (Å²) in [4.78, 5) is 0.495. The second-order valence-corrected chi connectivity index (χ2v) is 7.06. The molecule has 0 saturated heterocycles. The van der Waals surface area contributed by atoms with Gasteiger partial charge in [0.15, 0.2) is 0 Å². The molecule has 0 heterocycles. The van der Waals surface area contributed by atoms with E-state index in [0.29, 0.717) is 5.56 Å². The predicted molar refractivity (Wildman–Crippen MR) is 86.3 cm³/mol. The van der Waals surface area contributed by atoms with E-state index in [2.05, 4.69) is 11.6 Å². The van der Waals surface area contributed by atoms with Gasteiger partial charge in [0.25, 0.3) is 0 Å². The highest BCUT2D eigenvalue weighted by Gasteiger charge is 2.17. The van der Waals surface area contributed by atoms with E-state index < -0.39 is 10.0 Å². The molecule has 1 aromatic carbocycles. The minimum atomic E-state index is -3.47. The van der Waals surface area contributed by atoms with Crippen LogP contribution in [0, 0.1) is 0 Å². The SMILES string of the molecule is CCCCCC(C)NS(=O)(=O)c1ccc(C(N)=S)cc1. The van der Waals surface area contributed by atoms with Gasteiger partial charge in [0.1, 0.15) is 4.99 Å². The number of sulfonamides is 1. The molecule has 20 heavy (non-hydrogen) atoms. The molecule has 1 aromatic rings. The Morgan fingerprint density at radius 3 is 2.40 bits per heavy atom. The number of nitrogens with two attached hydrogens (primary N) is 1. The fourth-order valence-electron chi connectivity index (χ4n) is 1.89. The molecule has 1 unspecified atom stereocenters. The number of rotatable bonds is 8. The third-order valence-corrected chi connectivity index (χ3v) is 4.89. The van der Waals surface area contributed by atoms with Crippen molar-refractivity contribution < 1.29 is 8.42 Å². The second-order valence-electron chi connectivity index (χ2n) is 4.91. The molecule has 1 atom stereocenters. The molecule has 0 bridgehead atoms. The lowest BCUT2D eigenvalue weighted by atomic mass is 10.1. The van der Waals surface area contributed by atoms with Crippen LogP contribution in [-0.4, -0.2) is 19.4 Å². The summed E-state index contributed by atoms with van der Waals surface area (Å²) in [6.07, 6.45) is 4.12. The maximum Gasteiger partial charge on any atom is 0.240 e. The van der Waals surface area contributed by atoms with E-state index in [-0.39, 0.29) is 15.9 Å². The Hall–Kier alpha value is -0.980. The summed E-state index contributed by atoms with van der Waals surface area (Å²) < 4.78 is 27.1. The van der Waals surface area contributed by atoms with Gasteiger partial charge >= 0.3 is 0 Å². The van der Waals surface area contributed by atoms with Crippen LogP contribution in [0.15, 0.2) is 29.2 Å². The quantitative estimate of drug-likeness (QED) is 0.571. The van der Waals surface area contributed by atoms with Crippen molar-refractivity contribution >= 4 is 27.2 Å². The lowest BCUT2D eigenvalue weighted by molar-refractivity contribution is 0.527. The molecule has 0 amide bonds. The molecule has 4 nitrogen and oxygen atoms in total. The van der Waals surface area contributed by atoms with Gasteiger partial charge in [-0.25, -0.2) is 13.1 Å². The number of unbranched alkanes of at least 4 members (excludes halogenated alkanes) is 2. The highest BCUT2D eigenvalue weighted by molar-refractivity contribution is 7.89. The molecule has 1 rings (SSSR count). The highest BCUT2D eigenvalue weighted by Crippen LogP contribution is 2.12. The summed E-state index contributed by atoms with van der Waals surface area (Å²) in [7, 11) is -3.47. The van der Waals surface area contributed by atoms with Crippen LogP contribution >= 0.6 is 12.2 Å². The predicted octanol–water partition coefficient (Wildman–Crippen LogP) is 2.57. The monoisotopic (exact) mass is 314 g/mol. The first-order valence-corrected chi connectivity index (χ1v) is 8.68. The van der Waals surface area contributed by atoms with Crippen molar-refractivity contribution in [3.05, 3.63) is 29.8 Å². The van der Waals surface area contributed by atoms with Crippen LogP contribution in [0.2, 0.25) is 0 Å². The van der Waals surface area contributed by atoms with Gasteiger partial charge in [-0.1, -0.05) is 50.5 Å². The molecule has 3 N–H and O–H groups in total. The Morgan fingerprint density at radius 2 is 1.90 bits per heavy atom. The van der Waals surface area contributed by atoms with Crippen LogP contribution in [0.1, 0.15) is 45.1 Å². The molecular formula is C14H22N2O2S2. The Morgan fingerprint density at radius 1 is 1.30 bits per heavy atom. The van der Waals surface area contributed by atoms with Crippen molar-refractivity contribution in [2.45, 2.75) is 50.5 Å². The lowest BCUT2D eigenvalue weighted by Gasteiger charge is -2.14. The number of benzene rings is 1. The van der Waals surface area contributed by atoms with Crippen molar-refractivity contribution in [2.75, 3.05) is 0 Å². The van der Waals surface area contributed by atoms with Crippen molar-refractivity contribution in [1.29, 1.82) is 0 Å². The summed E-state index contributed by atoms with van der Waals surface area (Å²) in [5, 5.41) is 0. The largest absolute Gasteiger partial charge is 0.389 e. The fourth-order valence-corrected chi connectivity index (χ4v) is 3.30. The Labute approximate surface area is 126 Å². The van der Waals surface area contributed by atoms with E-state index in [1.54, 1.807) is 12.1 Å². The average molecular weight is 314 g/mol. The molecule has 6 heteroatoms. The van der Waals surface area contributed by atoms with Gasteiger partial charge in [-0.15, -0.1) is 0 Å². The zero-order valence-electron chi connectivity index (χ0n) is 11.9. The molecule has 0 aliphatic heterocycles. The normalized spacial score (nSPS) is 13.1. The first-order chi connectivity index (χ1) is 9.36. The average Bonchev–Trinajstić information content (AvgIpc) is 2.38. The van der Waals surface area contributed by atoms with E-state index in [1.807, 2.05) is 6.92 Å². The molecule has 0 aliphatic rings. The molecule has 0 radical (unpaired) electrons. The maximum absolute atomic E-state index is 12.2. The first-order valence-electron chi connectivity index (χ1n) is 6.79. The number of thiocarbonyl (C=S) groups is 1. The molecule has 0 fully saturated rings. The topological polar surface area (TPSA) is 72.2 Å². The minimum Gasteiger partial charge on any atom is -0.389 e. The van der Waals surface area contributed by atoms with Gasteiger partial charge in [0.2, 0.25) is 10.0 Å². The molecule has 0 aliphatic carbocycles. The van der Waals surface area contributed by atoms with E-state index in [1.165, 1.54) is 12.1 Å². The third-order valence-electron chi connectivity index (χ3n) is 3.05. The summed E-state index contributed by atoms with van der Waals surface area (Å²) in [6, 6.07) is 6.23. The summed E-state index contributed by atoms with van der Waals surface area (Å²) >= 11 is 4.84. The van der Waals surface area contributed by atoms with Crippen LogP contribution in [0.25, 0.3) is 0 Å². The minimum absolute atomic E-state index is 0.0678. The molecular weight excluding hydrogens is 292 g/mol. The Balaban J connectivity index is 2.70. The molecule has 112 valence electrons. The maximum atomic E-state index is 12.2. The number of nitrogens with one attached hydrogen (secondary N) is 1. The molecule has 0 saturated carbocycles. The number of hydrogen-bond donors (Lipinski definition) is 2. The van der Waals surface area contributed by atoms with Gasteiger partial charge in [-0.3, -0.25) is 0 Å². The first kappa shape index (κ1) is 17.1. The van der Waals surface area contributed by atoms with Crippen LogP contribution < -0.4 is 10.5 Å². The van der Waals surface area contributed by atoms with E-state index in [0.717, 1.165) is 25.7 Å². The molecule has 0 aromatic heterocycles. The fraction of sp³-hybridized carbons (Fsp3) is 0.500. The van der Waals surface area contributed by atoms with Crippen LogP contribution in [0.5, 0.6) is 0 Å². The van der Waals surface area contributed by atoms with Crippen molar-refractivity contribution in [2.24, 2.45) is 5.73 Å². The molecule has 0 spiro atoms. The van der Waals surface area contributed by atoms with Crippen molar-refractivity contribution in [3.63, 3.8) is 0 Å². The van der Waals surface area contributed by atoms with Crippen molar-refractivity contribution in [3.8, 4) is 0 Å². The smallest absolute Gasteiger partial charge is 0.240 e. The van der Waals surface area contributed by atoms with Crippen LogP contribution in [0.3, 0.4) is 0 Å². The summed E-state index contributed by atoms with van der Waals surface area (Å²) in [5.41, 5.74) is 6.15. The van der Waals surface area contributed by atoms with Gasteiger partial charge in [-0.2, -0.15) is 0 Å². The van der Waals surface area contributed by atoms with E-state index in [9.17, 15) is 8.42 Å². The lowest BCUT2D eigenvalue weighted by Crippen LogP contribution is -2.32. The van der Waals surface area contributed by atoms with E-state index in [4.69, 9.17) is 18.0 Å². The van der Waals surface area contributed by atoms with Crippen molar-refractivity contribution in [1.82, 2.24) is 4.72 Å². The third kappa shape index (κ3) is 5.19. The summed E-state index contributed by atoms with van der Waals surface area (Å²) in [6.45, 7) is 4.01. The number of hydrogen-bond acceptors (Lipinski definition) is 3.